The van der Waals surface area contributed by atoms with E-state index in [1.165, 1.54) is 11.0 Å². The lowest BCUT2D eigenvalue weighted by Gasteiger charge is -2.04. The van der Waals surface area contributed by atoms with Crippen LogP contribution >= 0.6 is 0 Å². The third kappa shape index (κ3) is 3.50. The molecule has 8 heteroatoms. The van der Waals surface area contributed by atoms with E-state index in [0.717, 1.165) is 16.7 Å². The number of H-pyrrole nitrogens is 1. The number of benzene rings is 2. The van der Waals surface area contributed by atoms with Crippen molar-refractivity contribution >= 4 is 17.0 Å². The maximum Gasteiger partial charge on any atom is 0.360 e. The molecular formula is C19H17N5O3. The van der Waals surface area contributed by atoms with Crippen LogP contribution in [0.2, 0.25) is 0 Å². The molecule has 2 heterocycles. The fourth-order valence-corrected chi connectivity index (χ4v) is 2.83. The van der Waals surface area contributed by atoms with Crippen LogP contribution in [0.15, 0.2) is 65.6 Å². The Kier molecular flexibility index (Phi) is 4.52. The molecule has 0 aliphatic carbocycles. The molecule has 0 radical (unpaired) electrons. The number of hydrogen-bond donors (Lipinski definition) is 1. The van der Waals surface area contributed by atoms with Gasteiger partial charge in [-0.05, 0) is 30.7 Å². The van der Waals surface area contributed by atoms with Crippen LogP contribution in [-0.2, 0) is 11.3 Å². The summed E-state index contributed by atoms with van der Waals surface area (Å²) in [5, 5.41) is 8.21. The molecule has 4 rings (SSSR count). The summed E-state index contributed by atoms with van der Waals surface area (Å²) in [7, 11) is 0. The molecule has 2 aromatic carbocycles. The number of nitrogens with one attached hydrogen (secondary N) is 1. The monoisotopic (exact) mass is 363 g/mol. The number of aryl methyl sites for hydroxylation is 1. The lowest BCUT2D eigenvalue weighted by Crippen LogP contribution is -2.18. The highest BCUT2D eigenvalue weighted by atomic mass is 16.5. The van der Waals surface area contributed by atoms with Crippen LogP contribution in [0, 0.1) is 0 Å². The first-order valence-corrected chi connectivity index (χ1v) is 8.55. The minimum Gasteiger partial charge on any atom is -0.461 e. The molecule has 136 valence electrons. The quantitative estimate of drug-likeness (QED) is 0.418. The van der Waals surface area contributed by atoms with E-state index in [2.05, 4.69) is 15.2 Å². The van der Waals surface area contributed by atoms with E-state index in [1.807, 2.05) is 54.6 Å². The van der Waals surface area contributed by atoms with Crippen molar-refractivity contribution in [2.75, 3.05) is 6.61 Å². The Morgan fingerprint density at radius 1 is 1.07 bits per heavy atom. The van der Waals surface area contributed by atoms with E-state index >= 15 is 0 Å². The summed E-state index contributed by atoms with van der Waals surface area (Å²) in [6.45, 7) is 0.635. The van der Waals surface area contributed by atoms with Gasteiger partial charge in [0, 0.05) is 6.54 Å². The van der Waals surface area contributed by atoms with Crippen LogP contribution in [-0.4, -0.2) is 37.1 Å². The highest BCUT2D eigenvalue weighted by molar-refractivity contribution is 5.86. The highest BCUT2D eigenvalue weighted by Gasteiger charge is 2.13. The lowest BCUT2D eigenvalue weighted by atomic mass is 10.3. The number of para-hydroxylation sites is 3. The number of fused-ring (bicyclic) bond motifs is 1. The predicted octanol–water partition coefficient (Wildman–Crippen LogP) is 2.16. The van der Waals surface area contributed by atoms with Gasteiger partial charge in [0.2, 0.25) is 0 Å². The van der Waals surface area contributed by atoms with Crippen LogP contribution in [0.3, 0.4) is 0 Å². The number of aromatic nitrogens is 5. The van der Waals surface area contributed by atoms with E-state index < -0.39 is 5.97 Å². The molecule has 0 aliphatic rings. The van der Waals surface area contributed by atoms with Gasteiger partial charge in [-0.3, -0.25) is 4.57 Å². The fraction of sp³-hybridized carbons (Fsp3) is 0.158. The molecule has 0 fully saturated rings. The number of esters is 1. The van der Waals surface area contributed by atoms with Crippen molar-refractivity contribution in [2.45, 2.75) is 13.0 Å². The zero-order chi connectivity index (χ0) is 18.6. The molecule has 1 N–H and O–H groups in total. The van der Waals surface area contributed by atoms with Crippen molar-refractivity contribution < 1.29 is 9.53 Å². The summed E-state index contributed by atoms with van der Waals surface area (Å²) in [6, 6.07) is 16.8. The topological polar surface area (TPSA) is 94.8 Å². The summed E-state index contributed by atoms with van der Waals surface area (Å²) in [5.74, 6) is -0.538. The van der Waals surface area contributed by atoms with E-state index in [9.17, 15) is 9.59 Å². The number of rotatable bonds is 6. The summed E-state index contributed by atoms with van der Waals surface area (Å²) in [6.07, 6.45) is 1.89. The number of hydrogen-bond acceptors (Lipinski definition) is 5. The van der Waals surface area contributed by atoms with Gasteiger partial charge in [0.25, 0.3) is 0 Å². The Morgan fingerprint density at radius 2 is 1.85 bits per heavy atom. The van der Waals surface area contributed by atoms with Crippen LogP contribution in [0.4, 0.5) is 0 Å². The molecule has 8 nitrogen and oxygen atoms in total. The Labute approximate surface area is 154 Å². The van der Waals surface area contributed by atoms with E-state index in [1.54, 1.807) is 4.57 Å². The molecule has 4 aromatic rings. The number of carbonyl (C=O) groups excluding carboxylic acids is 1. The Balaban J connectivity index is 1.34. The molecule has 0 saturated carbocycles. The zero-order valence-corrected chi connectivity index (χ0v) is 14.4. The SMILES string of the molecule is O=C(OCCCn1c(=O)[nH]c2ccccc21)c1cnn(-c2ccccc2)n1. The van der Waals surface area contributed by atoms with Crippen molar-refractivity contribution in [2.24, 2.45) is 0 Å². The van der Waals surface area contributed by atoms with Gasteiger partial charge in [-0.15, -0.1) is 5.10 Å². The van der Waals surface area contributed by atoms with Crippen molar-refractivity contribution in [3.05, 3.63) is 77.0 Å². The second-order valence-electron chi connectivity index (χ2n) is 5.94. The van der Waals surface area contributed by atoms with Crippen LogP contribution < -0.4 is 5.69 Å². The van der Waals surface area contributed by atoms with Gasteiger partial charge in [0.05, 0.1) is 29.5 Å². The van der Waals surface area contributed by atoms with Crippen molar-refractivity contribution in [1.82, 2.24) is 24.5 Å². The second-order valence-corrected chi connectivity index (χ2v) is 5.94. The maximum absolute atomic E-state index is 12.1. The smallest absolute Gasteiger partial charge is 0.360 e. The van der Waals surface area contributed by atoms with E-state index in [0.29, 0.717) is 13.0 Å². The standard InChI is InChI=1S/C19H17N5O3/c25-18(16-13-20-24(22-16)14-7-2-1-3-8-14)27-12-6-11-23-17-10-5-4-9-15(17)21-19(23)26/h1-5,7-10,13H,6,11-12H2,(H,21,26). The summed E-state index contributed by atoms with van der Waals surface area (Å²) in [5.41, 5.74) is 2.35. The van der Waals surface area contributed by atoms with Gasteiger partial charge in [-0.1, -0.05) is 30.3 Å². The van der Waals surface area contributed by atoms with Crippen LogP contribution in [0.5, 0.6) is 0 Å². The van der Waals surface area contributed by atoms with E-state index in [-0.39, 0.29) is 18.0 Å². The lowest BCUT2D eigenvalue weighted by molar-refractivity contribution is 0.0488. The average Bonchev–Trinajstić information content (AvgIpc) is 3.31. The Hall–Kier alpha value is -3.68. The second kappa shape index (κ2) is 7.28. The number of imidazole rings is 1. The van der Waals surface area contributed by atoms with Gasteiger partial charge in [0.15, 0.2) is 5.69 Å². The minimum atomic E-state index is -0.538. The number of aromatic amines is 1. The fourth-order valence-electron chi connectivity index (χ4n) is 2.83. The number of ether oxygens (including phenoxy) is 1. The molecule has 0 atom stereocenters. The van der Waals surface area contributed by atoms with Gasteiger partial charge in [-0.25, -0.2) is 9.59 Å². The molecule has 0 bridgehead atoms. The first kappa shape index (κ1) is 16.8. The van der Waals surface area contributed by atoms with Crippen molar-refractivity contribution in [1.29, 1.82) is 0 Å². The summed E-state index contributed by atoms with van der Waals surface area (Å²) >= 11 is 0. The molecule has 0 aliphatic heterocycles. The highest BCUT2D eigenvalue weighted by Crippen LogP contribution is 2.09. The van der Waals surface area contributed by atoms with Gasteiger partial charge in [0.1, 0.15) is 0 Å². The first-order chi connectivity index (χ1) is 13.2. The molecule has 2 aromatic heterocycles. The minimum absolute atomic E-state index is 0.142. The molecule has 0 spiro atoms. The summed E-state index contributed by atoms with van der Waals surface area (Å²) < 4.78 is 6.88. The molecule has 27 heavy (non-hydrogen) atoms. The largest absolute Gasteiger partial charge is 0.461 e. The predicted molar refractivity (Wildman–Crippen MR) is 98.8 cm³/mol. The van der Waals surface area contributed by atoms with Gasteiger partial charge in [-0.2, -0.15) is 9.90 Å². The Morgan fingerprint density at radius 3 is 2.70 bits per heavy atom. The molecular weight excluding hydrogens is 346 g/mol. The van der Waals surface area contributed by atoms with Gasteiger partial charge >= 0.3 is 11.7 Å². The van der Waals surface area contributed by atoms with Crippen molar-refractivity contribution in [3.8, 4) is 5.69 Å². The van der Waals surface area contributed by atoms with Gasteiger partial charge < -0.3 is 9.72 Å². The third-order valence-electron chi connectivity index (χ3n) is 4.13. The van der Waals surface area contributed by atoms with Crippen molar-refractivity contribution in [3.63, 3.8) is 0 Å². The van der Waals surface area contributed by atoms with E-state index in [4.69, 9.17) is 4.74 Å². The average molecular weight is 363 g/mol. The summed E-state index contributed by atoms with van der Waals surface area (Å²) in [4.78, 5) is 28.3. The van der Waals surface area contributed by atoms with Crippen LogP contribution in [0.1, 0.15) is 16.9 Å². The molecule has 0 saturated heterocycles. The zero-order valence-electron chi connectivity index (χ0n) is 14.4. The molecule has 0 unspecified atom stereocenters. The number of carbonyl (C=O) groups is 1. The molecule has 0 amide bonds. The number of nitrogens with zero attached hydrogens (tertiary/aromatic N) is 4. The van der Waals surface area contributed by atoms with Crippen LogP contribution in [0.25, 0.3) is 16.7 Å². The third-order valence-corrected chi connectivity index (χ3v) is 4.13. The first-order valence-electron chi connectivity index (χ1n) is 8.55. The maximum atomic E-state index is 12.1. The Bertz CT molecular complexity index is 1130. The normalized spacial score (nSPS) is 11.0.